The van der Waals surface area contributed by atoms with Gasteiger partial charge in [0, 0.05) is 12.1 Å². The van der Waals surface area contributed by atoms with Crippen LogP contribution in [-0.2, 0) is 9.53 Å². The molecule has 17 heavy (non-hydrogen) atoms. The van der Waals surface area contributed by atoms with Crippen LogP contribution in [0.25, 0.3) is 0 Å². The quantitative estimate of drug-likeness (QED) is 0.572. The molecule has 3 nitrogen and oxygen atoms in total. The van der Waals surface area contributed by atoms with Gasteiger partial charge in [0.1, 0.15) is 0 Å². The van der Waals surface area contributed by atoms with Crippen molar-refractivity contribution in [2.45, 2.75) is 39.5 Å². The lowest BCUT2D eigenvalue weighted by molar-refractivity contribution is -0.138. The van der Waals surface area contributed by atoms with Crippen molar-refractivity contribution in [3.8, 4) is 0 Å². The van der Waals surface area contributed by atoms with Crippen molar-refractivity contribution in [1.82, 2.24) is 5.32 Å². The number of rotatable bonds is 6. The minimum atomic E-state index is -0.281. The molecule has 0 spiro atoms. The summed E-state index contributed by atoms with van der Waals surface area (Å²) in [6, 6.07) is 0. The van der Waals surface area contributed by atoms with Gasteiger partial charge in [0.05, 0.1) is 6.61 Å². The van der Waals surface area contributed by atoms with Crippen molar-refractivity contribution in [1.29, 1.82) is 0 Å². The number of hydrogen-bond donors (Lipinski definition) is 1. The fraction of sp³-hybridized carbons (Fsp3) is 0.786. The number of esters is 1. The predicted molar refractivity (Wildman–Crippen MR) is 69.8 cm³/mol. The Morgan fingerprint density at radius 2 is 2.24 bits per heavy atom. The Hall–Kier alpha value is -0.830. The lowest BCUT2D eigenvalue weighted by atomic mass is 9.82. The number of ether oxygens (including phenoxy) is 1. The molecular weight excluding hydrogens is 214 g/mol. The van der Waals surface area contributed by atoms with Crippen LogP contribution in [0.2, 0.25) is 0 Å². The summed E-state index contributed by atoms with van der Waals surface area (Å²) in [6.45, 7) is 9.81. The molecule has 0 aromatic heterocycles. The van der Waals surface area contributed by atoms with Gasteiger partial charge in [-0.3, -0.25) is 0 Å². The van der Waals surface area contributed by atoms with Crippen LogP contribution >= 0.6 is 0 Å². The molecule has 0 aromatic rings. The fourth-order valence-electron chi connectivity index (χ4n) is 2.48. The SMILES string of the molecule is C=C(CNCC1CCCC(C)C1)C(=O)OCC. The summed E-state index contributed by atoms with van der Waals surface area (Å²) >= 11 is 0. The van der Waals surface area contributed by atoms with E-state index in [1.165, 1.54) is 25.7 Å². The highest BCUT2D eigenvalue weighted by Gasteiger charge is 2.18. The van der Waals surface area contributed by atoms with Crippen LogP contribution in [0.3, 0.4) is 0 Å². The van der Waals surface area contributed by atoms with Gasteiger partial charge in [-0.25, -0.2) is 4.79 Å². The Morgan fingerprint density at radius 3 is 2.88 bits per heavy atom. The van der Waals surface area contributed by atoms with Gasteiger partial charge >= 0.3 is 5.97 Å². The van der Waals surface area contributed by atoms with E-state index in [4.69, 9.17) is 4.74 Å². The zero-order chi connectivity index (χ0) is 12.7. The van der Waals surface area contributed by atoms with Gasteiger partial charge in [-0.2, -0.15) is 0 Å². The normalized spacial score (nSPS) is 24.4. The van der Waals surface area contributed by atoms with Crippen LogP contribution in [0, 0.1) is 11.8 Å². The maximum absolute atomic E-state index is 11.3. The Labute approximate surface area is 105 Å². The number of carbonyl (C=O) groups is 1. The second-order valence-corrected chi connectivity index (χ2v) is 5.09. The highest BCUT2D eigenvalue weighted by atomic mass is 16.5. The monoisotopic (exact) mass is 239 g/mol. The summed E-state index contributed by atoms with van der Waals surface area (Å²) in [6.07, 6.45) is 5.32. The van der Waals surface area contributed by atoms with Crippen LogP contribution in [0.5, 0.6) is 0 Å². The van der Waals surface area contributed by atoms with E-state index in [9.17, 15) is 4.79 Å². The van der Waals surface area contributed by atoms with Crippen molar-refractivity contribution in [2.75, 3.05) is 19.7 Å². The van der Waals surface area contributed by atoms with Gasteiger partial charge in [0.15, 0.2) is 0 Å². The molecule has 1 aliphatic carbocycles. The predicted octanol–water partition coefficient (Wildman–Crippen LogP) is 2.52. The second kappa shape index (κ2) is 7.49. The van der Waals surface area contributed by atoms with Gasteiger partial charge in [0.25, 0.3) is 0 Å². The Balaban J connectivity index is 2.14. The molecule has 0 aromatic carbocycles. The molecule has 1 aliphatic rings. The lowest BCUT2D eigenvalue weighted by Crippen LogP contribution is -2.29. The van der Waals surface area contributed by atoms with Crippen molar-refractivity contribution in [3.63, 3.8) is 0 Å². The van der Waals surface area contributed by atoms with Gasteiger partial charge in [-0.05, 0) is 38.1 Å². The molecule has 3 heteroatoms. The maximum atomic E-state index is 11.3. The molecule has 0 radical (unpaired) electrons. The highest BCUT2D eigenvalue weighted by molar-refractivity contribution is 5.88. The van der Waals surface area contributed by atoms with Crippen LogP contribution in [-0.4, -0.2) is 25.7 Å². The lowest BCUT2D eigenvalue weighted by Gasteiger charge is -2.26. The first-order valence-corrected chi connectivity index (χ1v) is 6.69. The molecule has 0 heterocycles. The van der Waals surface area contributed by atoms with Crippen LogP contribution in [0.15, 0.2) is 12.2 Å². The molecule has 0 saturated heterocycles. The van der Waals surface area contributed by atoms with Crippen LogP contribution < -0.4 is 5.32 Å². The summed E-state index contributed by atoms with van der Waals surface area (Å²) in [5.74, 6) is 1.33. The molecule has 98 valence electrons. The first kappa shape index (κ1) is 14.2. The van der Waals surface area contributed by atoms with E-state index in [1.54, 1.807) is 0 Å². The standard InChI is InChI=1S/C14H25NO2/c1-4-17-14(16)12(3)9-15-10-13-7-5-6-11(2)8-13/h11,13,15H,3-10H2,1-2H3. The van der Waals surface area contributed by atoms with Crippen molar-refractivity contribution >= 4 is 5.97 Å². The molecular formula is C14H25NO2. The van der Waals surface area contributed by atoms with E-state index in [-0.39, 0.29) is 5.97 Å². The first-order chi connectivity index (χ1) is 8.13. The summed E-state index contributed by atoms with van der Waals surface area (Å²) in [4.78, 5) is 11.3. The molecule has 1 rings (SSSR count). The Morgan fingerprint density at radius 1 is 1.47 bits per heavy atom. The topological polar surface area (TPSA) is 38.3 Å². The average Bonchev–Trinajstić information content (AvgIpc) is 2.29. The zero-order valence-electron chi connectivity index (χ0n) is 11.1. The number of carbonyl (C=O) groups excluding carboxylic acids is 1. The zero-order valence-corrected chi connectivity index (χ0v) is 11.1. The molecule has 1 saturated carbocycles. The number of nitrogens with one attached hydrogen (secondary N) is 1. The van der Waals surface area contributed by atoms with E-state index in [1.807, 2.05) is 6.92 Å². The minimum Gasteiger partial charge on any atom is -0.463 e. The number of hydrogen-bond acceptors (Lipinski definition) is 3. The first-order valence-electron chi connectivity index (χ1n) is 6.69. The third kappa shape index (κ3) is 5.35. The molecule has 0 bridgehead atoms. The van der Waals surface area contributed by atoms with Gasteiger partial charge in [-0.1, -0.05) is 26.3 Å². The van der Waals surface area contributed by atoms with E-state index in [0.29, 0.717) is 18.7 Å². The van der Waals surface area contributed by atoms with Gasteiger partial charge in [-0.15, -0.1) is 0 Å². The third-order valence-electron chi connectivity index (χ3n) is 3.38. The molecule has 1 N–H and O–H groups in total. The average molecular weight is 239 g/mol. The summed E-state index contributed by atoms with van der Waals surface area (Å²) in [5.41, 5.74) is 0.524. The second-order valence-electron chi connectivity index (χ2n) is 5.09. The molecule has 2 unspecified atom stereocenters. The van der Waals surface area contributed by atoms with Crippen LogP contribution in [0.1, 0.15) is 39.5 Å². The maximum Gasteiger partial charge on any atom is 0.334 e. The fourth-order valence-corrected chi connectivity index (χ4v) is 2.48. The summed E-state index contributed by atoms with van der Waals surface area (Å²) in [7, 11) is 0. The minimum absolute atomic E-state index is 0.281. The van der Waals surface area contributed by atoms with E-state index in [0.717, 1.165) is 18.4 Å². The highest BCUT2D eigenvalue weighted by Crippen LogP contribution is 2.27. The molecule has 2 atom stereocenters. The largest absolute Gasteiger partial charge is 0.463 e. The van der Waals surface area contributed by atoms with Crippen molar-refractivity contribution < 1.29 is 9.53 Å². The van der Waals surface area contributed by atoms with Crippen molar-refractivity contribution in [3.05, 3.63) is 12.2 Å². The smallest absolute Gasteiger partial charge is 0.334 e. The van der Waals surface area contributed by atoms with E-state index in [2.05, 4.69) is 18.8 Å². The van der Waals surface area contributed by atoms with E-state index < -0.39 is 0 Å². The third-order valence-corrected chi connectivity index (χ3v) is 3.38. The van der Waals surface area contributed by atoms with Crippen molar-refractivity contribution in [2.24, 2.45) is 11.8 Å². The van der Waals surface area contributed by atoms with E-state index >= 15 is 0 Å². The summed E-state index contributed by atoms with van der Waals surface area (Å²) in [5, 5.41) is 3.31. The Kier molecular flexibility index (Phi) is 6.27. The van der Waals surface area contributed by atoms with Gasteiger partial charge < -0.3 is 10.1 Å². The summed E-state index contributed by atoms with van der Waals surface area (Å²) < 4.78 is 4.88. The molecule has 1 fully saturated rings. The molecule has 0 aliphatic heterocycles. The molecule has 0 amide bonds. The Bertz CT molecular complexity index is 263. The van der Waals surface area contributed by atoms with Gasteiger partial charge in [0.2, 0.25) is 0 Å². The van der Waals surface area contributed by atoms with Crippen LogP contribution in [0.4, 0.5) is 0 Å².